The SMILES string of the molecule is COc1cc(N)cc(Cl)c1NC(=O)c1ccc(C(C)C)cc1. The summed E-state index contributed by atoms with van der Waals surface area (Å²) in [4.78, 5) is 12.3. The summed E-state index contributed by atoms with van der Waals surface area (Å²) in [7, 11) is 1.50. The van der Waals surface area contributed by atoms with Crippen molar-refractivity contribution in [3.63, 3.8) is 0 Å². The topological polar surface area (TPSA) is 64.3 Å². The maximum absolute atomic E-state index is 12.3. The van der Waals surface area contributed by atoms with E-state index in [4.69, 9.17) is 22.1 Å². The molecule has 2 aromatic carbocycles. The number of carbonyl (C=O) groups excluding carboxylic acids is 1. The van der Waals surface area contributed by atoms with E-state index < -0.39 is 0 Å². The van der Waals surface area contributed by atoms with Crippen molar-refractivity contribution >= 4 is 28.9 Å². The predicted octanol–water partition coefficient (Wildman–Crippen LogP) is 4.31. The number of nitrogens with one attached hydrogen (secondary N) is 1. The Morgan fingerprint density at radius 1 is 1.23 bits per heavy atom. The molecule has 0 atom stereocenters. The smallest absolute Gasteiger partial charge is 0.255 e. The minimum Gasteiger partial charge on any atom is -0.494 e. The summed E-state index contributed by atoms with van der Waals surface area (Å²) < 4.78 is 5.22. The zero-order valence-electron chi connectivity index (χ0n) is 12.8. The van der Waals surface area contributed by atoms with E-state index in [2.05, 4.69) is 19.2 Å². The van der Waals surface area contributed by atoms with Crippen LogP contribution in [0.1, 0.15) is 35.7 Å². The van der Waals surface area contributed by atoms with Gasteiger partial charge in [-0.2, -0.15) is 0 Å². The molecule has 5 heteroatoms. The summed E-state index contributed by atoms with van der Waals surface area (Å²) in [5.41, 5.74) is 8.34. The summed E-state index contributed by atoms with van der Waals surface area (Å²) in [6.45, 7) is 4.21. The molecule has 0 aliphatic heterocycles. The molecule has 0 unspecified atom stereocenters. The molecule has 116 valence electrons. The first-order valence-corrected chi connectivity index (χ1v) is 7.34. The van der Waals surface area contributed by atoms with Crippen LogP contribution in [0, 0.1) is 0 Å². The number of amides is 1. The van der Waals surface area contributed by atoms with Crippen LogP contribution in [0.15, 0.2) is 36.4 Å². The minimum absolute atomic E-state index is 0.250. The third kappa shape index (κ3) is 3.52. The Morgan fingerprint density at radius 2 is 1.86 bits per heavy atom. The number of ether oxygens (including phenoxy) is 1. The summed E-state index contributed by atoms with van der Waals surface area (Å²) in [5.74, 6) is 0.598. The quantitative estimate of drug-likeness (QED) is 0.826. The first kappa shape index (κ1) is 16.2. The fraction of sp³-hybridized carbons (Fsp3) is 0.235. The van der Waals surface area contributed by atoms with Crippen LogP contribution in [0.3, 0.4) is 0 Å². The van der Waals surface area contributed by atoms with E-state index in [0.29, 0.717) is 33.6 Å². The lowest BCUT2D eigenvalue weighted by molar-refractivity contribution is 0.102. The fourth-order valence-corrected chi connectivity index (χ4v) is 2.36. The zero-order valence-corrected chi connectivity index (χ0v) is 13.6. The highest BCUT2D eigenvalue weighted by Crippen LogP contribution is 2.35. The van der Waals surface area contributed by atoms with E-state index in [1.165, 1.54) is 12.7 Å². The minimum atomic E-state index is -0.250. The van der Waals surface area contributed by atoms with Crippen LogP contribution in [0.2, 0.25) is 5.02 Å². The Hall–Kier alpha value is -2.20. The highest BCUT2D eigenvalue weighted by molar-refractivity contribution is 6.34. The van der Waals surface area contributed by atoms with E-state index in [1.54, 1.807) is 24.3 Å². The zero-order chi connectivity index (χ0) is 16.3. The maximum Gasteiger partial charge on any atom is 0.255 e. The summed E-state index contributed by atoms with van der Waals surface area (Å²) in [6.07, 6.45) is 0. The second kappa shape index (κ2) is 6.71. The van der Waals surface area contributed by atoms with Gasteiger partial charge < -0.3 is 15.8 Å². The number of nitrogen functional groups attached to an aromatic ring is 1. The van der Waals surface area contributed by atoms with Gasteiger partial charge in [-0.1, -0.05) is 37.6 Å². The number of rotatable bonds is 4. The van der Waals surface area contributed by atoms with Crippen LogP contribution < -0.4 is 15.8 Å². The van der Waals surface area contributed by atoms with Gasteiger partial charge in [-0.05, 0) is 29.7 Å². The van der Waals surface area contributed by atoms with Gasteiger partial charge in [-0.15, -0.1) is 0 Å². The van der Waals surface area contributed by atoms with E-state index >= 15 is 0 Å². The van der Waals surface area contributed by atoms with Gasteiger partial charge in [0.2, 0.25) is 0 Å². The average molecular weight is 319 g/mol. The number of hydrogen-bond donors (Lipinski definition) is 2. The van der Waals surface area contributed by atoms with Gasteiger partial charge in [0.15, 0.2) is 0 Å². The van der Waals surface area contributed by atoms with E-state index in [9.17, 15) is 4.79 Å². The van der Waals surface area contributed by atoms with Crippen molar-refractivity contribution in [2.75, 3.05) is 18.2 Å². The molecule has 0 bridgehead atoms. The van der Waals surface area contributed by atoms with Gasteiger partial charge in [0.25, 0.3) is 5.91 Å². The molecule has 3 N–H and O–H groups in total. The standard InChI is InChI=1S/C17H19ClN2O2/c1-10(2)11-4-6-12(7-5-11)17(21)20-16-14(18)8-13(19)9-15(16)22-3/h4-10H,19H2,1-3H3,(H,20,21). The van der Waals surface area contributed by atoms with Crippen molar-refractivity contribution in [1.29, 1.82) is 0 Å². The molecule has 0 radical (unpaired) electrons. The molecular weight excluding hydrogens is 300 g/mol. The van der Waals surface area contributed by atoms with Gasteiger partial charge >= 0.3 is 0 Å². The fourth-order valence-electron chi connectivity index (χ4n) is 2.09. The number of benzene rings is 2. The van der Waals surface area contributed by atoms with E-state index in [1.807, 2.05) is 12.1 Å². The average Bonchev–Trinajstić information content (AvgIpc) is 2.49. The van der Waals surface area contributed by atoms with E-state index in [0.717, 1.165) is 0 Å². The first-order chi connectivity index (χ1) is 10.4. The second-order valence-corrected chi connectivity index (χ2v) is 5.72. The van der Waals surface area contributed by atoms with Crippen molar-refractivity contribution in [2.24, 2.45) is 0 Å². The van der Waals surface area contributed by atoms with E-state index in [-0.39, 0.29) is 5.91 Å². The molecule has 0 spiro atoms. The van der Waals surface area contributed by atoms with Gasteiger partial charge in [-0.3, -0.25) is 4.79 Å². The van der Waals surface area contributed by atoms with Crippen LogP contribution in [0.5, 0.6) is 5.75 Å². The van der Waals surface area contributed by atoms with Gasteiger partial charge in [0.05, 0.1) is 12.1 Å². The Bertz CT molecular complexity index is 682. The molecule has 0 heterocycles. The third-order valence-corrected chi connectivity index (χ3v) is 3.67. The van der Waals surface area contributed by atoms with Crippen LogP contribution in [-0.4, -0.2) is 13.0 Å². The van der Waals surface area contributed by atoms with Crippen LogP contribution >= 0.6 is 11.6 Å². The third-order valence-electron chi connectivity index (χ3n) is 3.37. The summed E-state index contributed by atoms with van der Waals surface area (Å²) >= 11 is 6.14. The van der Waals surface area contributed by atoms with Crippen molar-refractivity contribution in [3.05, 3.63) is 52.5 Å². The molecule has 0 saturated heterocycles. The summed E-state index contributed by atoms with van der Waals surface area (Å²) in [5, 5.41) is 3.11. The highest BCUT2D eigenvalue weighted by atomic mass is 35.5. The highest BCUT2D eigenvalue weighted by Gasteiger charge is 2.14. The first-order valence-electron chi connectivity index (χ1n) is 6.96. The Kier molecular flexibility index (Phi) is 4.93. The molecule has 22 heavy (non-hydrogen) atoms. The van der Waals surface area contributed by atoms with Gasteiger partial charge in [0.1, 0.15) is 11.4 Å². The number of anilines is 2. The van der Waals surface area contributed by atoms with Crippen molar-refractivity contribution < 1.29 is 9.53 Å². The molecule has 0 aliphatic rings. The predicted molar refractivity (Wildman–Crippen MR) is 90.9 cm³/mol. The van der Waals surface area contributed by atoms with Crippen molar-refractivity contribution in [2.45, 2.75) is 19.8 Å². The number of nitrogens with two attached hydrogens (primary N) is 1. The monoisotopic (exact) mass is 318 g/mol. The van der Waals surface area contributed by atoms with Gasteiger partial charge in [0, 0.05) is 17.3 Å². The Labute approximate surface area is 135 Å². The van der Waals surface area contributed by atoms with Crippen LogP contribution in [0.25, 0.3) is 0 Å². The van der Waals surface area contributed by atoms with Gasteiger partial charge in [-0.25, -0.2) is 0 Å². The lowest BCUT2D eigenvalue weighted by Crippen LogP contribution is -2.13. The molecular formula is C17H19ClN2O2. The largest absolute Gasteiger partial charge is 0.494 e. The number of halogens is 1. The summed E-state index contributed by atoms with van der Waals surface area (Å²) in [6, 6.07) is 10.7. The van der Waals surface area contributed by atoms with Crippen LogP contribution in [0.4, 0.5) is 11.4 Å². The number of hydrogen-bond acceptors (Lipinski definition) is 3. The molecule has 2 aromatic rings. The Balaban J connectivity index is 2.25. The molecule has 0 aromatic heterocycles. The normalized spacial score (nSPS) is 10.6. The molecule has 1 amide bonds. The van der Waals surface area contributed by atoms with Crippen molar-refractivity contribution in [3.8, 4) is 5.75 Å². The molecule has 0 fully saturated rings. The molecule has 2 rings (SSSR count). The molecule has 0 aliphatic carbocycles. The lowest BCUT2D eigenvalue weighted by Gasteiger charge is -2.13. The number of carbonyl (C=O) groups is 1. The lowest BCUT2D eigenvalue weighted by atomic mass is 10.0. The maximum atomic E-state index is 12.3. The van der Waals surface area contributed by atoms with Crippen LogP contribution in [-0.2, 0) is 0 Å². The number of methoxy groups -OCH3 is 1. The Morgan fingerprint density at radius 3 is 2.41 bits per heavy atom. The molecule has 0 saturated carbocycles. The van der Waals surface area contributed by atoms with Crippen molar-refractivity contribution in [1.82, 2.24) is 0 Å². The second-order valence-electron chi connectivity index (χ2n) is 5.31. The molecule has 4 nitrogen and oxygen atoms in total.